The average molecular weight is 271 g/mol. The van der Waals surface area contributed by atoms with Crippen LogP contribution >= 0.6 is 0 Å². The molecule has 0 atom stereocenters. The van der Waals surface area contributed by atoms with Crippen LogP contribution in [0.25, 0.3) is 0 Å². The molecule has 0 saturated carbocycles. The molecule has 0 amide bonds. The van der Waals surface area contributed by atoms with Gasteiger partial charge in [-0.2, -0.15) is 0 Å². The third-order valence-corrected chi connectivity index (χ3v) is 3.37. The highest BCUT2D eigenvalue weighted by Crippen LogP contribution is 2.19. The zero-order valence-electron chi connectivity index (χ0n) is 12.5. The summed E-state index contributed by atoms with van der Waals surface area (Å²) in [6.45, 7) is 4.16. The number of rotatable bonds is 5. The molecule has 0 bridgehead atoms. The Kier molecular flexibility index (Phi) is 4.56. The number of aryl methyl sites for hydroxylation is 1. The van der Waals surface area contributed by atoms with Crippen molar-refractivity contribution in [3.8, 4) is 5.75 Å². The second kappa shape index (κ2) is 6.37. The molecule has 4 heteroatoms. The Morgan fingerprint density at radius 3 is 2.40 bits per heavy atom. The fourth-order valence-electron chi connectivity index (χ4n) is 2.29. The molecule has 106 valence electrons. The van der Waals surface area contributed by atoms with Gasteiger partial charge in [0, 0.05) is 24.7 Å². The van der Waals surface area contributed by atoms with Gasteiger partial charge in [0.1, 0.15) is 17.4 Å². The lowest BCUT2D eigenvalue weighted by Gasteiger charge is -2.11. The second-order valence-electron chi connectivity index (χ2n) is 4.68. The normalized spacial score (nSPS) is 10.4. The number of ether oxygens (including phenoxy) is 1. The molecule has 1 heterocycles. The summed E-state index contributed by atoms with van der Waals surface area (Å²) in [7, 11) is 3.57. The Bertz CT molecular complexity index is 579. The SMILES string of the molecule is CCc1c(C)nc(Cc2ccc(OC)cc2)nc1NC. The monoisotopic (exact) mass is 271 g/mol. The van der Waals surface area contributed by atoms with Crippen molar-refractivity contribution in [1.29, 1.82) is 0 Å². The molecule has 20 heavy (non-hydrogen) atoms. The lowest BCUT2D eigenvalue weighted by Crippen LogP contribution is -2.07. The summed E-state index contributed by atoms with van der Waals surface area (Å²) >= 11 is 0. The number of hydrogen-bond donors (Lipinski definition) is 1. The van der Waals surface area contributed by atoms with Crippen LogP contribution in [0, 0.1) is 6.92 Å². The Morgan fingerprint density at radius 1 is 1.15 bits per heavy atom. The van der Waals surface area contributed by atoms with Crippen molar-refractivity contribution in [1.82, 2.24) is 9.97 Å². The fraction of sp³-hybridized carbons (Fsp3) is 0.375. The van der Waals surface area contributed by atoms with E-state index in [0.29, 0.717) is 0 Å². The molecule has 1 aromatic heterocycles. The van der Waals surface area contributed by atoms with Crippen molar-refractivity contribution in [2.45, 2.75) is 26.7 Å². The minimum absolute atomic E-state index is 0.726. The van der Waals surface area contributed by atoms with E-state index in [1.807, 2.05) is 38.2 Å². The summed E-state index contributed by atoms with van der Waals surface area (Å²) in [6.07, 6.45) is 1.66. The number of methoxy groups -OCH3 is 1. The summed E-state index contributed by atoms with van der Waals surface area (Å²) in [5.74, 6) is 2.64. The van der Waals surface area contributed by atoms with E-state index in [2.05, 4.69) is 22.2 Å². The van der Waals surface area contributed by atoms with Crippen LogP contribution in [0.15, 0.2) is 24.3 Å². The molecule has 0 aliphatic carbocycles. The largest absolute Gasteiger partial charge is 0.497 e. The average Bonchev–Trinajstić information content (AvgIpc) is 2.47. The molecule has 0 spiro atoms. The first-order chi connectivity index (χ1) is 9.67. The predicted octanol–water partition coefficient (Wildman–Crippen LogP) is 2.99. The molecule has 0 aliphatic heterocycles. The van der Waals surface area contributed by atoms with Gasteiger partial charge in [0.2, 0.25) is 0 Å². The van der Waals surface area contributed by atoms with E-state index >= 15 is 0 Å². The van der Waals surface area contributed by atoms with Gasteiger partial charge < -0.3 is 10.1 Å². The number of benzene rings is 1. The van der Waals surface area contributed by atoms with Crippen LogP contribution in [0.5, 0.6) is 5.75 Å². The molecule has 0 aliphatic rings. The molecule has 4 nitrogen and oxygen atoms in total. The quantitative estimate of drug-likeness (QED) is 0.908. The van der Waals surface area contributed by atoms with Gasteiger partial charge >= 0.3 is 0 Å². The van der Waals surface area contributed by atoms with Crippen molar-refractivity contribution >= 4 is 5.82 Å². The Balaban J connectivity index is 2.26. The van der Waals surface area contributed by atoms with Gasteiger partial charge in [-0.25, -0.2) is 9.97 Å². The van der Waals surface area contributed by atoms with Gasteiger partial charge in [0.05, 0.1) is 7.11 Å². The molecule has 2 rings (SSSR count). The van der Waals surface area contributed by atoms with Crippen LogP contribution in [-0.4, -0.2) is 24.1 Å². The van der Waals surface area contributed by atoms with E-state index in [9.17, 15) is 0 Å². The first kappa shape index (κ1) is 14.3. The minimum atomic E-state index is 0.726. The van der Waals surface area contributed by atoms with Crippen LogP contribution in [0.4, 0.5) is 5.82 Å². The van der Waals surface area contributed by atoms with Crippen LogP contribution in [0.3, 0.4) is 0 Å². The third-order valence-electron chi connectivity index (χ3n) is 3.37. The summed E-state index contributed by atoms with van der Waals surface area (Å²) < 4.78 is 5.16. The maximum atomic E-state index is 5.16. The van der Waals surface area contributed by atoms with E-state index in [4.69, 9.17) is 4.74 Å². The minimum Gasteiger partial charge on any atom is -0.497 e. The number of anilines is 1. The fourth-order valence-corrected chi connectivity index (χ4v) is 2.29. The molecule has 0 unspecified atom stereocenters. The number of nitrogens with one attached hydrogen (secondary N) is 1. The van der Waals surface area contributed by atoms with E-state index in [-0.39, 0.29) is 0 Å². The summed E-state index contributed by atoms with van der Waals surface area (Å²) in [6, 6.07) is 8.01. The van der Waals surface area contributed by atoms with E-state index in [1.165, 1.54) is 11.1 Å². The zero-order chi connectivity index (χ0) is 14.5. The highest BCUT2D eigenvalue weighted by Gasteiger charge is 2.09. The van der Waals surface area contributed by atoms with Gasteiger partial charge in [0.25, 0.3) is 0 Å². The van der Waals surface area contributed by atoms with Crippen LogP contribution in [0.2, 0.25) is 0 Å². The van der Waals surface area contributed by atoms with Gasteiger partial charge in [-0.3, -0.25) is 0 Å². The number of nitrogens with zero attached hydrogens (tertiary/aromatic N) is 2. The van der Waals surface area contributed by atoms with Gasteiger partial charge in [0.15, 0.2) is 0 Å². The lowest BCUT2D eigenvalue weighted by molar-refractivity contribution is 0.414. The molecule has 1 aromatic carbocycles. The van der Waals surface area contributed by atoms with Crippen molar-refractivity contribution in [3.63, 3.8) is 0 Å². The summed E-state index contributed by atoms with van der Waals surface area (Å²) in [5.41, 5.74) is 3.41. The number of aromatic nitrogens is 2. The van der Waals surface area contributed by atoms with E-state index < -0.39 is 0 Å². The molecule has 0 saturated heterocycles. The van der Waals surface area contributed by atoms with Gasteiger partial charge in [-0.15, -0.1) is 0 Å². The van der Waals surface area contributed by atoms with Crippen molar-refractivity contribution in [2.75, 3.05) is 19.5 Å². The molecule has 0 radical (unpaired) electrons. The smallest absolute Gasteiger partial charge is 0.135 e. The van der Waals surface area contributed by atoms with Crippen LogP contribution in [-0.2, 0) is 12.8 Å². The van der Waals surface area contributed by atoms with E-state index in [1.54, 1.807) is 7.11 Å². The van der Waals surface area contributed by atoms with Gasteiger partial charge in [-0.1, -0.05) is 19.1 Å². The zero-order valence-corrected chi connectivity index (χ0v) is 12.5. The first-order valence-corrected chi connectivity index (χ1v) is 6.85. The molecule has 2 aromatic rings. The Labute approximate surface area is 120 Å². The molecule has 0 fully saturated rings. The van der Waals surface area contributed by atoms with Crippen molar-refractivity contribution in [2.24, 2.45) is 0 Å². The first-order valence-electron chi connectivity index (χ1n) is 6.85. The molecular formula is C16H21N3O. The predicted molar refractivity (Wildman–Crippen MR) is 81.5 cm³/mol. The van der Waals surface area contributed by atoms with E-state index in [0.717, 1.165) is 35.9 Å². The maximum Gasteiger partial charge on any atom is 0.135 e. The summed E-state index contributed by atoms with van der Waals surface area (Å²) in [5, 5.41) is 3.16. The lowest BCUT2D eigenvalue weighted by atomic mass is 10.1. The van der Waals surface area contributed by atoms with Crippen molar-refractivity contribution < 1.29 is 4.74 Å². The molecule has 1 N–H and O–H groups in total. The number of hydrogen-bond acceptors (Lipinski definition) is 4. The Morgan fingerprint density at radius 2 is 1.85 bits per heavy atom. The highest BCUT2D eigenvalue weighted by atomic mass is 16.5. The summed E-state index contributed by atoms with van der Waals surface area (Å²) in [4.78, 5) is 9.22. The van der Waals surface area contributed by atoms with Crippen LogP contribution in [0.1, 0.15) is 29.6 Å². The maximum absolute atomic E-state index is 5.16. The van der Waals surface area contributed by atoms with Crippen molar-refractivity contribution in [3.05, 3.63) is 46.9 Å². The standard InChI is InChI=1S/C16H21N3O/c1-5-14-11(2)18-15(19-16(14)17-3)10-12-6-8-13(20-4)9-7-12/h6-9H,5,10H2,1-4H3,(H,17,18,19). The second-order valence-corrected chi connectivity index (χ2v) is 4.68. The third kappa shape index (κ3) is 3.07. The highest BCUT2D eigenvalue weighted by molar-refractivity contribution is 5.46. The van der Waals surface area contributed by atoms with Crippen LogP contribution < -0.4 is 10.1 Å². The topological polar surface area (TPSA) is 47.0 Å². The Hall–Kier alpha value is -2.10. The van der Waals surface area contributed by atoms with Gasteiger partial charge in [-0.05, 0) is 31.0 Å². The molecular weight excluding hydrogens is 250 g/mol.